The van der Waals surface area contributed by atoms with Crippen molar-refractivity contribution in [3.63, 3.8) is 0 Å². The lowest BCUT2D eigenvalue weighted by Crippen LogP contribution is -2.20. The largest absolute Gasteiger partial charge is 0.467 e. The second-order valence-electron chi connectivity index (χ2n) is 3.93. The van der Waals surface area contributed by atoms with E-state index in [9.17, 15) is 0 Å². The average Bonchev–Trinajstić information content (AvgIpc) is 2.99. The van der Waals surface area contributed by atoms with Crippen LogP contribution in [0.2, 0.25) is 0 Å². The maximum Gasteiger partial charge on any atom is 0.150 e. The molecular weight excluding hydrogens is 250 g/mol. The van der Waals surface area contributed by atoms with Crippen molar-refractivity contribution in [2.24, 2.45) is 7.05 Å². The first kappa shape index (κ1) is 12.7. The van der Waals surface area contributed by atoms with E-state index < -0.39 is 0 Å². The van der Waals surface area contributed by atoms with Gasteiger partial charge < -0.3 is 9.73 Å². The highest BCUT2D eigenvalue weighted by Gasteiger charge is 2.03. The average molecular weight is 265 g/mol. The van der Waals surface area contributed by atoms with Gasteiger partial charge in [-0.05, 0) is 35.4 Å². The molecule has 2 aromatic heterocycles. The third-order valence-electron chi connectivity index (χ3n) is 2.55. The Bertz CT molecular complexity index is 493. The van der Waals surface area contributed by atoms with Crippen LogP contribution in [0.5, 0.6) is 0 Å². The van der Waals surface area contributed by atoms with Crippen LogP contribution in [0, 0.1) is 0 Å². The third-order valence-corrected chi connectivity index (χ3v) is 2.90. The normalized spacial score (nSPS) is 10.5. The number of hydrogen-bond donors (Lipinski definition) is 1. The van der Waals surface area contributed by atoms with Crippen LogP contribution in [-0.2, 0) is 20.0 Å². The van der Waals surface area contributed by atoms with Gasteiger partial charge in [0.1, 0.15) is 5.76 Å². The predicted octanol–water partition coefficient (Wildman–Crippen LogP) is 1.24. The summed E-state index contributed by atoms with van der Waals surface area (Å²) in [5, 5.41) is 14.5. The molecule has 0 aliphatic carbocycles. The highest BCUT2D eigenvalue weighted by Crippen LogP contribution is 2.02. The van der Waals surface area contributed by atoms with Crippen molar-refractivity contribution in [2.75, 3.05) is 0 Å². The Morgan fingerprint density at radius 1 is 1.56 bits per heavy atom. The molecule has 0 aliphatic heterocycles. The van der Waals surface area contributed by atoms with Gasteiger partial charge in [-0.1, -0.05) is 12.2 Å². The molecule has 96 valence electrons. The van der Waals surface area contributed by atoms with Gasteiger partial charge >= 0.3 is 0 Å². The van der Waals surface area contributed by atoms with Crippen LogP contribution >= 0.6 is 12.2 Å². The highest BCUT2D eigenvalue weighted by molar-refractivity contribution is 7.80. The first-order valence-corrected chi connectivity index (χ1v) is 6.17. The van der Waals surface area contributed by atoms with Crippen molar-refractivity contribution in [3.8, 4) is 0 Å². The molecule has 0 fully saturated rings. The molecule has 0 bridgehead atoms. The standard InChI is InChI=1S/C11H15N5OS/c1-16-10(13-14-15-16)5-2-6-11(18)12-8-9-4-3-7-17-9/h3-4,7H,2,5-6,8H2,1H3,(H,12,18). The lowest BCUT2D eigenvalue weighted by atomic mass is 10.2. The van der Waals surface area contributed by atoms with Gasteiger partial charge in [0, 0.05) is 13.5 Å². The van der Waals surface area contributed by atoms with E-state index in [0.29, 0.717) is 6.54 Å². The van der Waals surface area contributed by atoms with Crippen molar-refractivity contribution in [1.29, 1.82) is 0 Å². The van der Waals surface area contributed by atoms with Crippen molar-refractivity contribution in [3.05, 3.63) is 30.0 Å². The number of aromatic nitrogens is 4. The molecule has 0 atom stereocenters. The Hall–Kier alpha value is -1.76. The fraction of sp³-hybridized carbons (Fsp3) is 0.455. The van der Waals surface area contributed by atoms with E-state index in [0.717, 1.165) is 35.8 Å². The number of hydrogen-bond acceptors (Lipinski definition) is 5. The summed E-state index contributed by atoms with van der Waals surface area (Å²) in [5.74, 6) is 1.76. The maximum atomic E-state index is 5.24. The SMILES string of the molecule is Cn1nnnc1CCCC(=S)NCc1ccco1. The monoisotopic (exact) mass is 265 g/mol. The minimum absolute atomic E-state index is 0.636. The molecule has 7 heteroatoms. The van der Waals surface area contributed by atoms with Crippen molar-refractivity contribution in [2.45, 2.75) is 25.8 Å². The van der Waals surface area contributed by atoms with E-state index in [-0.39, 0.29) is 0 Å². The molecule has 0 aliphatic rings. The van der Waals surface area contributed by atoms with Crippen LogP contribution < -0.4 is 5.32 Å². The topological polar surface area (TPSA) is 68.8 Å². The van der Waals surface area contributed by atoms with Crippen LogP contribution in [-0.4, -0.2) is 25.2 Å². The minimum Gasteiger partial charge on any atom is -0.467 e. The zero-order valence-corrected chi connectivity index (χ0v) is 11.0. The van der Waals surface area contributed by atoms with Gasteiger partial charge in [0.25, 0.3) is 0 Å². The Labute approximate surface area is 110 Å². The highest BCUT2D eigenvalue weighted by atomic mass is 32.1. The van der Waals surface area contributed by atoms with Gasteiger partial charge in [0.05, 0.1) is 17.8 Å². The molecule has 0 saturated heterocycles. The van der Waals surface area contributed by atoms with E-state index in [1.807, 2.05) is 19.2 Å². The number of nitrogens with zero attached hydrogens (tertiary/aromatic N) is 4. The Kier molecular flexibility index (Phi) is 4.40. The van der Waals surface area contributed by atoms with Gasteiger partial charge in [-0.15, -0.1) is 5.10 Å². The van der Waals surface area contributed by atoms with Crippen molar-refractivity contribution >= 4 is 17.2 Å². The van der Waals surface area contributed by atoms with E-state index in [2.05, 4.69) is 20.8 Å². The van der Waals surface area contributed by atoms with Crippen LogP contribution in [0.25, 0.3) is 0 Å². The first-order valence-electron chi connectivity index (χ1n) is 5.76. The summed E-state index contributed by atoms with van der Waals surface area (Å²) in [4.78, 5) is 0.835. The smallest absolute Gasteiger partial charge is 0.150 e. The Morgan fingerprint density at radius 2 is 2.44 bits per heavy atom. The first-order chi connectivity index (χ1) is 8.75. The molecular formula is C11H15N5OS. The summed E-state index contributed by atoms with van der Waals surface area (Å²) in [6.45, 7) is 0.636. The Balaban J connectivity index is 1.65. The number of furan rings is 1. The van der Waals surface area contributed by atoms with E-state index in [4.69, 9.17) is 16.6 Å². The number of thiocarbonyl (C=S) groups is 1. The van der Waals surface area contributed by atoms with Gasteiger partial charge in [-0.2, -0.15) is 0 Å². The summed E-state index contributed by atoms with van der Waals surface area (Å²) in [7, 11) is 1.84. The molecule has 0 spiro atoms. The van der Waals surface area contributed by atoms with E-state index >= 15 is 0 Å². The molecule has 0 amide bonds. The predicted molar refractivity (Wildman–Crippen MR) is 69.9 cm³/mol. The number of nitrogens with one attached hydrogen (secondary N) is 1. The van der Waals surface area contributed by atoms with Gasteiger partial charge in [-0.3, -0.25) is 0 Å². The molecule has 18 heavy (non-hydrogen) atoms. The van der Waals surface area contributed by atoms with Crippen LogP contribution in [0.1, 0.15) is 24.4 Å². The third kappa shape index (κ3) is 3.63. The van der Waals surface area contributed by atoms with Crippen LogP contribution in [0.4, 0.5) is 0 Å². The van der Waals surface area contributed by atoms with Gasteiger partial charge in [0.2, 0.25) is 0 Å². The molecule has 0 saturated carbocycles. The molecule has 0 unspecified atom stereocenters. The lowest BCUT2D eigenvalue weighted by molar-refractivity contribution is 0.503. The van der Waals surface area contributed by atoms with Crippen LogP contribution in [0.15, 0.2) is 22.8 Å². The second-order valence-corrected chi connectivity index (χ2v) is 4.42. The second kappa shape index (κ2) is 6.25. The fourth-order valence-corrected chi connectivity index (χ4v) is 1.77. The molecule has 2 heterocycles. The maximum absolute atomic E-state index is 5.24. The summed E-state index contributed by atoms with van der Waals surface area (Å²) in [6.07, 6.45) is 4.23. The summed E-state index contributed by atoms with van der Waals surface area (Å²) in [6, 6.07) is 3.78. The molecule has 2 aromatic rings. The van der Waals surface area contributed by atoms with Gasteiger partial charge in [-0.25, -0.2) is 4.68 Å². The Morgan fingerprint density at radius 3 is 3.11 bits per heavy atom. The quantitative estimate of drug-likeness (QED) is 0.793. The van der Waals surface area contributed by atoms with Crippen molar-refractivity contribution < 1.29 is 4.42 Å². The molecule has 0 radical (unpaired) electrons. The van der Waals surface area contributed by atoms with E-state index in [1.165, 1.54) is 0 Å². The van der Waals surface area contributed by atoms with Crippen LogP contribution in [0.3, 0.4) is 0 Å². The molecule has 0 aromatic carbocycles. The van der Waals surface area contributed by atoms with Crippen molar-refractivity contribution in [1.82, 2.24) is 25.5 Å². The molecule has 1 N–H and O–H groups in total. The number of tetrazole rings is 1. The fourth-order valence-electron chi connectivity index (χ4n) is 1.55. The number of rotatable bonds is 6. The summed E-state index contributed by atoms with van der Waals surface area (Å²) < 4.78 is 6.89. The summed E-state index contributed by atoms with van der Waals surface area (Å²) >= 11 is 5.24. The zero-order valence-electron chi connectivity index (χ0n) is 10.2. The molecule has 2 rings (SSSR count). The summed E-state index contributed by atoms with van der Waals surface area (Å²) in [5.41, 5.74) is 0. The molecule has 6 nitrogen and oxygen atoms in total. The zero-order chi connectivity index (χ0) is 12.8. The van der Waals surface area contributed by atoms with Gasteiger partial charge in [0.15, 0.2) is 5.82 Å². The minimum atomic E-state index is 0.636. The van der Waals surface area contributed by atoms with E-state index in [1.54, 1.807) is 10.9 Å². The number of aryl methyl sites for hydroxylation is 2. The lowest BCUT2D eigenvalue weighted by Gasteiger charge is -2.05.